The quantitative estimate of drug-likeness (QED) is 0.186. The molecule has 2 aromatic heterocycles. The second-order valence-corrected chi connectivity index (χ2v) is 13.6. The Morgan fingerprint density at radius 2 is 1.10 bits per heavy atom. The normalized spacial score (nSPS) is 11.7. The molecule has 230 valence electrons. The SMILES string of the molecule is c1cc(-c2cccc3sc4ccccc4c23)cc(N(c2ccc3c(c2)oc2ccccc23)c2ccccc2-c2ccc3ccccc3c2)c1. The second-order valence-electron chi connectivity index (χ2n) is 12.5. The van der Waals surface area contributed by atoms with Gasteiger partial charge in [-0.2, -0.15) is 0 Å². The van der Waals surface area contributed by atoms with Crippen molar-refractivity contribution in [2.24, 2.45) is 0 Å². The predicted molar refractivity (Wildman–Crippen MR) is 210 cm³/mol. The van der Waals surface area contributed by atoms with Crippen LogP contribution >= 0.6 is 11.3 Å². The Morgan fingerprint density at radius 1 is 0.408 bits per heavy atom. The lowest BCUT2D eigenvalue weighted by molar-refractivity contribution is 0.669. The Bertz CT molecular complexity index is 2860. The standard InChI is InChI=1S/C46H29NOS/c1-2-12-31-27-33(24-23-30(31)11-1)36-15-3-6-19-41(36)47(35-25-26-39-38-16-4-7-20-42(38)48-43(39)29-35)34-14-9-13-32(28-34)37-18-10-22-45-46(37)40-17-5-8-21-44(40)49-45/h1-29H. The number of rotatable bonds is 5. The van der Waals surface area contributed by atoms with Crippen LogP contribution in [0, 0.1) is 0 Å². The first-order valence-electron chi connectivity index (χ1n) is 16.6. The fraction of sp³-hybridized carbons (Fsp3) is 0. The van der Waals surface area contributed by atoms with Crippen LogP contribution < -0.4 is 4.90 Å². The van der Waals surface area contributed by atoms with Crippen LogP contribution in [0.2, 0.25) is 0 Å². The van der Waals surface area contributed by atoms with Gasteiger partial charge in [0.25, 0.3) is 0 Å². The van der Waals surface area contributed by atoms with E-state index in [1.165, 1.54) is 47.6 Å². The highest BCUT2D eigenvalue weighted by Gasteiger charge is 2.20. The zero-order valence-electron chi connectivity index (χ0n) is 26.5. The number of anilines is 3. The highest BCUT2D eigenvalue weighted by atomic mass is 32.1. The molecule has 0 saturated heterocycles. The fourth-order valence-electron chi connectivity index (χ4n) is 7.38. The van der Waals surface area contributed by atoms with E-state index in [0.29, 0.717) is 0 Å². The van der Waals surface area contributed by atoms with E-state index in [9.17, 15) is 0 Å². The molecule has 0 spiro atoms. The number of furan rings is 1. The summed E-state index contributed by atoms with van der Waals surface area (Å²) in [5.41, 5.74) is 9.76. The topological polar surface area (TPSA) is 16.4 Å². The maximum Gasteiger partial charge on any atom is 0.137 e. The molecule has 0 aliphatic heterocycles. The average Bonchev–Trinajstić information content (AvgIpc) is 3.73. The molecule has 0 aliphatic carbocycles. The zero-order chi connectivity index (χ0) is 32.3. The van der Waals surface area contributed by atoms with Gasteiger partial charge in [0, 0.05) is 53.9 Å². The van der Waals surface area contributed by atoms with Crippen molar-refractivity contribution in [2.45, 2.75) is 0 Å². The third kappa shape index (κ3) is 4.62. The van der Waals surface area contributed by atoms with Crippen molar-refractivity contribution in [2.75, 3.05) is 4.90 Å². The average molecular weight is 644 g/mol. The molecule has 0 atom stereocenters. The highest BCUT2D eigenvalue weighted by Crippen LogP contribution is 2.45. The number of thiophene rings is 1. The number of benzene rings is 8. The molecule has 10 rings (SSSR count). The summed E-state index contributed by atoms with van der Waals surface area (Å²) in [5, 5.41) is 7.32. The zero-order valence-corrected chi connectivity index (χ0v) is 27.3. The van der Waals surface area contributed by atoms with Crippen molar-refractivity contribution in [1.29, 1.82) is 0 Å². The lowest BCUT2D eigenvalue weighted by atomic mass is 9.97. The summed E-state index contributed by atoms with van der Waals surface area (Å²) in [6.07, 6.45) is 0. The minimum atomic E-state index is 0.873. The first-order chi connectivity index (χ1) is 24.3. The van der Waals surface area contributed by atoms with Gasteiger partial charge in [0.1, 0.15) is 11.2 Å². The van der Waals surface area contributed by atoms with Crippen molar-refractivity contribution in [3.8, 4) is 22.3 Å². The Kier molecular flexibility index (Phi) is 6.39. The molecule has 0 aliphatic rings. The minimum absolute atomic E-state index is 0.873. The number of nitrogens with zero attached hydrogens (tertiary/aromatic N) is 1. The first-order valence-corrected chi connectivity index (χ1v) is 17.4. The smallest absolute Gasteiger partial charge is 0.137 e. The first kappa shape index (κ1) is 27.9. The van der Waals surface area contributed by atoms with Crippen molar-refractivity contribution < 1.29 is 4.42 Å². The van der Waals surface area contributed by atoms with Crippen LogP contribution in [0.5, 0.6) is 0 Å². The molecule has 0 fully saturated rings. The van der Waals surface area contributed by atoms with Crippen molar-refractivity contribution in [3.05, 3.63) is 176 Å². The monoisotopic (exact) mass is 643 g/mol. The van der Waals surface area contributed by atoms with Gasteiger partial charge in [0.2, 0.25) is 0 Å². The summed E-state index contributed by atoms with van der Waals surface area (Å²) >= 11 is 1.86. The molecule has 49 heavy (non-hydrogen) atoms. The van der Waals surface area contributed by atoms with E-state index < -0.39 is 0 Å². The molecule has 3 heteroatoms. The van der Waals surface area contributed by atoms with Gasteiger partial charge >= 0.3 is 0 Å². The van der Waals surface area contributed by atoms with Crippen molar-refractivity contribution in [1.82, 2.24) is 0 Å². The molecule has 0 amide bonds. The van der Waals surface area contributed by atoms with Gasteiger partial charge in [-0.05, 0) is 82.1 Å². The number of fused-ring (bicyclic) bond motifs is 7. The summed E-state index contributed by atoms with van der Waals surface area (Å²) in [6.45, 7) is 0. The predicted octanol–water partition coefficient (Wildman–Crippen LogP) is 13.9. The number of hydrogen-bond acceptors (Lipinski definition) is 3. The van der Waals surface area contributed by atoms with E-state index >= 15 is 0 Å². The fourth-order valence-corrected chi connectivity index (χ4v) is 8.51. The van der Waals surface area contributed by atoms with Crippen LogP contribution in [0.15, 0.2) is 180 Å². The molecule has 8 aromatic carbocycles. The minimum Gasteiger partial charge on any atom is -0.456 e. The van der Waals surface area contributed by atoms with Crippen molar-refractivity contribution >= 4 is 81.3 Å². The summed E-state index contributed by atoms with van der Waals surface area (Å²) < 4.78 is 9.04. The van der Waals surface area contributed by atoms with Crippen LogP contribution in [0.25, 0.3) is 75.1 Å². The Hall–Kier alpha value is -6.16. The summed E-state index contributed by atoms with van der Waals surface area (Å²) in [7, 11) is 0. The van der Waals surface area contributed by atoms with Gasteiger partial charge < -0.3 is 9.32 Å². The van der Waals surface area contributed by atoms with Gasteiger partial charge in [-0.25, -0.2) is 0 Å². The maximum absolute atomic E-state index is 6.43. The van der Waals surface area contributed by atoms with Crippen LogP contribution in [0.1, 0.15) is 0 Å². The molecule has 0 radical (unpaired) electrons. The van der Waals surface area contributed by atoms with E-state index in [2.05, 4.69) is 169 Å². The van der Waals surface area contributed by atoms with Crippen LogP contribution in [-0.2, 0) is 0 Å². The van der Waals surface area contributed by atoms with E-state index in [4.69, 9.17) is 4.42 Å². The largest absolute Gasteiger partial charge is 0.456 e. The lowest BCUT2D eigenvalue weighted by Gasteiger charge is -2.28. The maximum atomic E-state index is 6.43. The number of hydrogen-bond donors (Lipinski definition) is 0. The van der Waals surface area contributed by atoms with Crippen molar-refractivity contribution in [3.63, 3.8) is 0 Å². The van der Waals surface area contributed by atoms with E-state index in [0.717, 1.165) is 44.6 Å². The van der Waals surface area contributed by atoms with E-state index in [1.54, 1.807) is 0 Å². The molecule has 0 bridgehead atoms. The van der Waals surface area contributed by atoms with Crippen LogP contribution in [0.3, 0.4) is 0 Å². The Balaban J connectivity index is 1.20. The molecular weight excluding hydrogens is 615 g/mol. The molecule has 0 N–H and O–H groups in total. The highest BCUT2D eigenvalue weighted by molar-refractivity contribution is 7.25. The molecular formula is C46H29NOS. The van der Waals surface area contributed by atoms with E-state index in [-0.39, 0.29) is 0 Å². The molecule has 2 heterocycles. The van der Waals surface area contributed by atoms with Gasteiger partial charge in [0.15, 0.2) is 0 Å². The number of para-hydroxylation sites is 2. The Morgan fingerprint density at radius 3 is 2.06 bits per heavy atom. The van der Waals surface area contributed by atoms with Crippen LogP contribution in [-0.4, -0.2) is 0 Å². The Labute approximate surface area is 287 Å². The van der Waals surface area contributed by atoms with Gasteiger partial charge in [-0.1, -0.05) is 115 Å². The summed E-state index contributed by atoms with van der Waals surface area (Å²) in [4.78, 5) is 2.38. The van der Waals surface area contributed by atoms with Gasteiger partial charge in [0.05, 0.1) is 5.69 Å². The van der Waals surface area contributed by atoms with Crippen LogP contribution in [0.4, 0.5) is 17.1 Å². The molecule has 10 aromatic rings. The summed E-state index contributed by atoms with van der Waals surface area (Å²) in [5.74, 6) is 0. The lowest BCUT2D eigenvalue weighted by Crippen LogP contribution is -2.11. The summed E-state index contributed by atoms with van der Waals surface area (Å²) in [6, 6.07) is 63.3. The third-order valence-electron chi connectivity index (χ3n) is 9.64. The molecule has 0 unspecified atom stereocenters. The van der Waals surface area contributed by atoms with Gasteiger partial charge in [-0.3, -0.25) is 0 Å². The van der Waals surface area contributed by atoms with E-state index in [1.807, 2.05) is 23.5 Å². The third-order valence-corrected chi connectivity index (χ3v) is 10.8. The molecule has 0 saturated carbocycles. The second kappa shape index (κ2) is 11.2. The molecule has 2 nitrogen and oxygen atoms in total. The van der Waals surface area contributed by atoms with Gasteiger partial charge in [-0.15, -0.1) is 11.3 Å².